The molecule has 0 aliphatic carbocycles. The second kappa shape index (κ2) is 5.16. The van der Waals surface area contributed by atoms with Gasteiger partial charge < -0.3 is 5.32 Å². The molecule has 0 amide bonds. The molecule has 0 saturated heterocycles. The van der Waals surface area contributed by atoms with Crippen molar-refractivity contribution in [1.29, 1.82) is 0 Å². The number of benzene rings is 1. The summed E-state index contributed by atoms with van der Waals surface area (Å²) < 4.78 is 0. The van der Waals surface area contributed by atoms with Crippen LogP contribution in [0.3, 0.4) is 0 Å². The van der Waals surface area contributed by atoms with Gasteiger partial charge in [-0.15, -0.1) is 4.91 Å². The highest BCUT2D eigenvalue weighted by molar-refractivity contribution is 6.03. The van der Waals surface area contributed by atoms with E-state index in [0.717, 1.165) is 0 Å². The second-order valence-electron chi connectivity index (χ2n) is 3.34. The van der Waals surface area contributed by atoms with Crippen molar-refractivity contribution in [2.24, 2.45) is 5.18 Å². The Balaban J connectivity index is 3.13. The van der Waals surface area contributed by atoms with Crippen LogP contribution < -0.4 is 5.32 Å². The number of nitrogens with one attached hydrogen (secondary N) is 1. The molecule has 5 heteroatoms. The maximum Gasteiger partial charge on any atom is 0.161 e. The maximum atomic E-state index is 11.3. The van der Waals surface area contributed by atoms with Crippen molar-refractivity contribution >= 4 is 17.3 Å². The molecule has 0 aliphatic rings. The lowest BCUT2D eigenvalue weighted by Crippen LogP contribution is -2.06. The zero-order valence-corrected chi connectivity index (χ0v) is 9.11. The van der Waals surface area contributed by atoms with Gasteiger partial charge in [0.1, 0.15) is 6.67 Å². The summed E-state index contributed by atoms with van der Waals surface area (Å²) in [5, 5.41) is 5.35. The van der Waals surface area contributed by atoms with Crippen molar-refractivity contribution in [3.05, 3.63) is 34.2 Å². The highest BCUT2D eigenvalue weighted by Gasteiger charge is 2.09. The summed E-state index contributed by atoms with van der Waals surface area (Å²) in [4.78, 5) is 32.5. The van der Waals surface area contributed by atoms with Crippen LogP contribution in [0.4, 0.5) is 5.69 Å². The topological polar surface area (TPSA) is 75.6 Å². The average molecular weight is 220 g/mol. The fourth-order valence-electron chi connectivity index (χ4n) is 1.33. The predicted octanol–water partition coefficient (Wildman–Crippen LogP) is 2.23. The zero-order chi connectivity index (χ0) is 12.1. The fraction of sp³-hybridized carbons (Fsp3) is 0.273. The molecule has 84 valence electrons. The number of nitroso groups, excluding NO2 is 1. The molecule has 0 aromatic heterocycles. The Morgan fingerprint density at radius 1 is 1.25 bits per heavy atom. The van der Waals surface area contributed by atoms with Crippen LogP contribution in [-0.2, 0) is 0 Å². The minimum absolute atomic E-state index is 0.109. The first kappa shape index (κ1) is 12.0. The third kappa shape index (κ3) is 2.73. The lowest BCUT2D eigenvalue weighted by atomic mass is 10.0. The summed E-state index contributed by atoms with van der Waals surface area (Å²) in [6, 6.07) is 4.71. The summed E-state index contributed by atoms with van der Waals surface area (Å²) in [5.74, 6) is -0.279. The van der Waals surface area contributed by atoms with Crippen molar-refractivity contribution in [3.63, 3.8) is 0 Å². The largest absolute Gasteiger partial charge is 0.363 e. The minimum atomic E-state index is -0.170. The van der Waals surface area contributed by atoms with Gasteiger partial charge in [-0.2, -0.15) is 0 Å². The van der Waals surface area contributed by atoms with Crippen LogP contribution in [0, 0.1) is 4.91 Å². The van der Waals surface area contributed by atoms with Gasteiger partial charge in [-0.3, -0.25) is 9.59 Å². The normalized spacial score (nSPS) is 9.62. The van der Waals surface area contributed by atoms with E-state index >= 15 is 0 Å². The maximum absolute atomic E-state index is 11.3. The van der Waals surface area contributed by atoms with E-state index in [1.807, 2.05) is 0 Å². The van der Waals surface area contributed by atoms with Gasteiger partial charge in [-0.05, 0) is 37.2 Å². The van der Waals surface area contributed by atoms with Crippen LogP contribution in [-0.4, -0.2) is 18.2 Å². The van der Waals surface area contributed by atoms with Crippen LogP contribution in [0.5, 0.6) is 0 Å². The van der Waals surface area contributed by atoms with Crippen LogP contribution in [0.15, 0.2) is 23.4 Å². The predicted molar refractivity (Wildman–Crippen MR) is 60.7 cm³/mol. The van der Waals surface area contributed by atoms with E-state index in [1.165, 1.54) is 19.9 Å². The summed E-state index contributed by atoms with van der Waals surface area (Å²) >= 11 is 0. The molecule has 0 saturated carbocycles. The van der Waals surface area contributed by atoms with E-state index in [9.17, 15) is 14.5 Å². The van der Waals surface area contributed by atoms with Gasteiger partial charge in [0.15, 0.2) is 11.6 Å². The molecule has 0 spiro atoms. The molecule has 0 unspecified atom stereocenters. The monoisotopic (exact) mass is 220 g/mol. The molecule has 0 aliphatic heterocycles. The summed E-state index contributed by atoms with van der Waals surface area (Å²) in [6.07, 6.45) is 0. The van der Waals surface area contributed by atoms with E-state index in [2.05, 4.69) is 10.5 Å². The van der Waals surface area contributed by atoms with E-state index < -0.39 is 0 Å². The molecule has 16 heavy (non-hydrogen) atoms. The van der Waals surface area contributed by atoms with Crippen molar-refractivity contribution < 1.29 is 9.59 Å². The van der Waals surface area contributed by atoms with Gasteiger partial charge in [0.2, 0.25) is 0 Å². The minimum Gasteiger partial charge on any atom is -0.363 e. The second-order valence-corrected chi connectivity index (χ2v) is 3.34. The van der Waals surface area contributed by atoms with Gasteiger partial charge >= 0.3 is 0 Å². The first-order chi connectivity index (χ1) is 7.56. The highest BCUT2D eigenvalue weighted by atomic mass is 16.3. The van der Waals surface area contributed by atoms with Crippen LogP contribution in [0.2, 0.25) is 0 Å². The standard InChI is InChI=1S/C11H12N2O3/c1-7(14)9-3-4-11(12-6-13-16)10(5-9)8(2)15/h3-5,12H,6H2,1-2H3. The number of carbonyl (C=O) groups excluding carboxylic acids is 2. The molecule has 0 atom stereocenters. The van der Waals surface area contributed by atoms with E-state index in [4.69, 9.17) is 0 Å². The Kier molecular flexibility index (Phi) is 3.88. The molecular weight excluding hydrogens is 208 g/mol. The molecule has 1 aromatic rings. The van der Waals surface area contributed by atoms with Crippen molar-refractivity contribution in [2.75, 3.05) is 12.0 Å². The zero-order valence-electron chi connectivity index (χ0n) is 9.11. The summed E-state index contributed by atoms with van der Waals surface area (Å²) in [5.41, 5.74) is 1.36. The number of Topliss-reactive ketones (excluding diaryl/α,β-unsaturated/α-hetero) is 2. The Morgan fingerprint density at radius 3 is 2.44 bits per heavy atom. The molecule has 0 heterocycles. The smallest absolute Gasteiger partial charge is 0.161 e. The average Bonchev–Trinajstić information content (AvgIpc) is 2.25. The lowest BCUT2D eigenvalue weighted by Gasteiger charge is -2.08. The van der Waals surface area contributed by atoms with E-state index in [-0.39, 0.29) is 18.2 Å². The number of anilines is 1. The number of nitrogens with zero attached hydrogens (tertiary/aromatic N) is 1. The molecule has 1 aromatic carbocycles. The van der Waals surface area contributed by atoms with E-state index in [0.29, 0.717) is 16.8 Å². The van der Waals surface area contributed by atoms with Crippen LogP contribution in [0.25, 0.3) is 0 Å². The third-order valence-electron chi connectivity index (χ3n) is 2.14. The van der Waals surface area contributed by atoms with Crippen molar-refractivity contribution in [1.82, 2.24) is 0 Å². The highest BCUT2D eigenvalue weighted by Crippen LogP contribution is 2.18. The molecular formula is C11H12N2O3. The lowest BCUT2D eigenvalue weighted by molar-refractivity contribution is 0.101. The Morgan fingerprint density at radius 2 is 1.94 bits per heavy atom. The molecule has 0 radical (unpaired) electrons. The van der Waals surface area contributed by atoms with Crippen molar-refractivity contribution in [3.8, 4) is 0 Å². The first-order valence-corrected chi connectivity index (χ1v) is 4.75. The Hall–Kier alpha value is -2.04. The van der Waals surface area contributed by atoms with Gasteiger partial charge in [-0.25, -0.2) is 0 Å². The Bertz CT molecular complexity index is 441. The third-order valence-corrected chi connectivity index (χ3v) is 2.14. The molecule has 0 fully saturated rings. The molecule has 0 bridgehead atoms. The van der Waals surface area contributed by atoms with E-state index in [1.54, 1.807) is 12.1 Å². The fourth-order valence-corrected chi connectivity index (χ4v) is 1.33. The number of hydrogen-bond donors (Lipinski definition) is 1. The molecule has 1 N–H and O–H groups in total. The van der Waals surface area contributed by atoms with Gasteiger partial charge in [-0.1, -0.05) is 0 Å². The molecule has 5 nitrogen and oxygen atoms in total. The quantitative estimate of drug-likeness (QED) is 0.609. The van der Waals surface area contributed by atoms with Gasteiger partial charge in [0.05, 0.1) is 0 Å². The molecule has 1 rings (SSSR count). The number of hydrogen-bond acceptors (Lipinski definition) is 5. The van der Waals surface area contributed by atoms with Gasteiger partial charge in [0, 0.05) is 16.8 Å². The van der Waals surface area contributed by atoms with Crippen molar-refractivity contribution in [2.45, 2.75) is 13.8 Å². The SMILES string of the molecule is CC(=O)c1ccc(NCN=O)c(C(C)=O)c1. The Labute approximate surface area is 92.8 Å². The van der Waals surface area contributed by atoms with Gasteiger partial charge in [0.25, 0.3) is 0 Å². The first-order valence-electron chi connectivity index (χ1n) is 4.75. The number of rotatable bonds is 5. The number of carbonyl (C=O) groups is 2. The summed E-state index contributed by atoms with van der Waals surface area (Å²) in [7, 11) is 0. The summed E-state index contributed by atoms with van der Waals surface area (Å²) in [6.45, 7) is 2.72. The van der Waals surface area contributed by atoms with Crippen LogP contribution >= 0.6 is 0 Å². The van der Waals surface area contributed by atoms with Crippen LogP contribution in [0.1, 0.15) is 34.6 Å². The number of ketones is 2.